The van der Waals surface area contributed by atoms with Gasteiger partial charge in [0.25, 0.3) is 0 Å². The summed E-state index contributed by atoms with van der Waals surface area (Å²) >= 11 is 0. The van der Waals surface area contributed by atoms with Gasteiger partial charge in [-0.1, -0.05) is 85.7 Å². The van der Waals surface area contributed by atoms with E-state index >= 15 is 0 Å². The minimum absolute atomic E-state index is 0.974. The highest BCUT2D eigenvalue weighted by Crippen LogP contribution is 2.45. The van der Waals surface area contributed by atoms with E-state index in [-0.39, 0.29) is 0 Å². The Bertz CT molecular complexity index is 1240. The van der Waals surface area contributed by atoms with Gasteiger partial charge in [-0.05, 0) is 46.7 Å². The molecule has 1 fully saturated rings. The number of rotatable bonds is 4. The zero-order chi connectivity index (χ0) is 20.9. The zero-order valence-corrected chi connectivity index (χ0v) is 19.4. The first-order valence-corrected chi connectivity index (χ1v) is 14.1. The summed E-state index contributed by atoms with van der Waals surface area (Å²) in [6, 6.07) is 27.1. The number of hydrogen-bond acceptors (Lipinski definition) is 0. The number of aryl methyl sites for hydroxylation is 2. The molecule has 1 saturated carbocycles. The molecule has 0 radical (unpaired) electrons. The van der Waals surface area contributed by atoms with Gasteiger partial charge in [0.1, 0.15) is 7.05 Å². The number of aromatic nitrogens is 1. The normalized spacial score (nSPS) is 14.3. The average Bonchev–Trinajstić information content (AvgIpc) is 3.60. The van der Waals surface area contributed by atoms with Crippen LogP contribution in [0.15, 0.2) is 79.0 Å². The zero-order valence-electron chi connectivity index (χ0n) is 18.4. The molecule has 3 aromatic carbocycles. The van der Waals surface area contributed by atoms with Crippen LogP contribution in [-0.2, 0) is 7.05 Å². The summed E-state index contributed by atoms with van der Waals surface area (Å²) in [7, 11) is 0.827. The molecule has 0 spiro atoms. The number of fused-ring (bicyclic) bond motifs is 1. The highest BCUT2D eigenvalue weighted by molar-refractivity contribution is 6.91. The lowest BCUT2D eigenvalue weighted by Gasteiger charge is -2.23. The van der Waals surface area contributed by atoms with Crippen LogP contribution in [0.25, 0.3) is 33.2 Å². The molecule has 1 heterocycles. The molecule has 0 N–H and O–H groups in total. The van der Waals surface area contributed by atoms with Crippen LogP contribution >= 0.6 is 0 Å². The summed E-state index contributed by atoms with van der Waals surface area (Å²) < 4.78 is 2.27. The Hall–Kier alpha value is -2.71. The molecule has 0 saturated heterocycles. The number of benzene rings is 3. The van der Waals surface area contributed by atoms with E-state index in [1.54, 1.807) is 5.19 Å². The molecule has 150 valence electrons. The van der Waals surface area contributed by atoms with Crippen molar-refractivity contribution >= 4 is 24.0 Å². The molecule has 1 aliphatic carbocycles. The number of hydrogen-bond donors (Lipinski definition) is 0. The molecular weight excluding hydrogens is 378 g/mol. The van der Waals surface area contributed by atoms with Crippen molar-refractivity contribution in [2.75, 3.05) is 0 Å². The molecule has 30 heavy (non-hydrogen) atoms. The number of pyridine rings is 1. The molecule has 1 aromatic heterocycles. The van der Waals surface area contributed by atoms with Gasteiger partial charge in [0.15, 0.2) is 6.20 Å². The first-order chi connectivity index (χ1) is 14.4. The molecule has 1 nitrogen and oxygen atoms in total. The number of nitrogens with zero attached hydrogens (tertiary/aromatic N) is 1. The lowest BCUT2D eigenvalue weighted by Crippen LogP contribution is -2.41. The van der Waals surface area contributed by atoms with Crippen LogP contribution in [0.3, 0.4) is 0 Å². The van der Waals surface area contributed by atoms with Crippen molar-refractivity contribution in [3.05, 3.63) is 84.6 Å². The van der Waals surface area contributed by atoms with Crippen molar-refractivity contribution in [2.24, 2.45) is 7.05 Å². The Labute approximate surface area is 181 Å². The smallest absolute Gasteiger partial charge is 0.200 e. The minimum atomic E-state index is -1.34. The third-order valence-electron chi connectivity index (χ3n) is 7.07. The van der Waals surface area contributed by atoms with Crippen molar-refractivity contribution < 1.29 is 4.57 Å². The van der Waals surface area contributed by atoms with E-state index in [0.717, 1.165) is 5.54 Å². The predicted molar refractivity (Wildman–Crippen MR) is 131 cm³/mol. The highest BCUT2D eigenvalue weighted by atomic mass is 28.3. The average molecular weight is 409 g/mol. The van der Waals surface area contributed by atoms with Gasteiger partial charge in [0.05, 0.1) is 13.5 Å². The quantitative estimate of drug-likeness (QED) is 0.272. The fourth-order valence-corrected chi connectivity index (χ4v) is 8.01. The largest absolute Gasteiger partial charge is 0.220 e. The predicted octanol–water partition coefficient (Wildman–Crippen LogP) is 6.39. The van der Waals surface area contributed by atoms with Crippen LogP contribution in [0.4, 0.5) is 0 Å². The van der Waals surface area contributed by atoms with E-state index in [1.807, 2.05) is 0 Å². The summed E-state index contributed by atoms with van der Waals surface area (Å²) in [5.74, 6) is 0. The Kier molecular flexibility index (Phi) is 4.63. The first kappa shape index (κ1) is 19.3. The van der Waals surface area contributed by atoms with Gasteiger partial charge in [0.2, 0.25) is 5.69 Å². The summed E-state index contributed by atoms with van der Waals surface area (Å²) in [5.41, 5.74) is 7.46. The molecule has 0 aliphatic heterocycles. The standard InChI is InChI=1S/C28H30NSi/c1-20-18-22(21-8-6-5-7-9-21)10-14-26(20)28-27-15-13-25(30(3,4)24-11-12-24)19-23(27)16-17-29(28)2/h5-10,13-19,24H,11-12H2,1-4H3/q+1. The molecule has 0 bridgehead atoms. The van der Waals surface area contributed by atoms with E-state index in [4.69, 9.17) is 0 Å². The topological polar surface area (TPSA) is 3.88 Å². The van der Waals surface area contributed by atoms with Gasteiger partial charge >= 0.3 is 0 Å². The molecule has 1 aliphatic rings. The SMILES string of the molecule is Cc1cc(-c2ccccc2)ccc1-c1c2ccc([Si](C)(C)C3CC3)cc2cc[n+]1C. The van der Waals surface area contributed by atoms with E-state index in [0.29, 0.717) is 0 Å². The lowest BCUT2D eigenvalue weighted by atomic mass is 9.95. The highest BCUT2D eigenvalue weighted by Gasteiger charge is 2.40. The van der Waals surface area contributed by atoms with Gasteiger partial charge < -0.3 is 0 Å². The van der Waals surface area contributed by atoms with Crippen LogP contribution in [0.2, 0.25) is 18.6 Å². The summed E-state index contributed by atoms with van der Waals surface area (Å²) in [4.78, 5) is 0. The molecule has 5 rings (SSSR count). The van der Waals surface area contributed by atoms with E-state index < -0.39 is 8.07 Å². The van der Waals surface area contributed by atoms with Crippen LogP contribution < -0.4 is 9.75 Å². The maximum absolute atomic E-state index is 2.54. The molecule has 0 amide bonds. The minimum Gasteiger partial charge on any atom is -0.200 e. The lowest BCUT2D eigenvalue weighted by molar-refractivity contribution is -0.659. The summed E-state index contributed by atoms with van der Waals surface area (Å²) in [6.07, 6.45) is 5.08. The van der Waals surface area contributed by atoms with Gasteiger partial charge in [-0.3, -0.25) is 0 Å². The van der Waals surface area contributed by atoms with E-state index in [9.17, 15) is 0 Å². The monoisotopic (exact) mass is 408 g/mol. The van der Waals surface area contributed by atoms with E-state index in [2.05, 4.69) is 111 Å². The van der Waals surface area contributed by atoms with Crippen LogP contribution in [-0.4, -0.2) is 8.07 Å². The Morgan fingerprint density at radius 1 is 0.833 bits per heavy atom. The van der Waals surface area contributed by atoms with Gasteiger partial charge in [-0.2, -0.15) is 0 Å². The molecule has 0 unspecified atom stereocenters. The molecule has 0 atom stereocenters. The molecular formula is C28H30NSi+. The van der Waals surface area contributed by atoms with Crippen LogP contribution in [0.5, 0.6) is 0 Å². The van der Waals surface area contributed by atoms with Gasteiger partial charge in [0, 0.05) is 11.6 Å². The molecule has 2 heteroatoms. The third kappa shape index (κ3) is 3.29. The van der Waals surface area contributed by atoms with Gasteiger partial charge in [-0.15, -0.1) is 0 Å². The Morgan fingerprint density at radius 2 is 1.60 bits per heavy atom. The second kappa shape index (κ2) is 7.21. The van der Waals surface area contributed by atoms with E-state index in [1.165, 1.54) is 51.6 Å². The summed E-state index contributed by atoms with van der Waals surface area (Å²) in [6.45, 7) is 7.32. The fourth-order valence-electron chi connectivity index (χ4n) is 4.89. The van der Waals surface area contributed by atoms with Crippen molar-refractivity contribution in [1.82, 2.24) is 0 Å². The fraction of sp³-hybridized carbons (Fsp3) is 0.250. The summed E-state index contributed by atoms with van der Waals surface area (Å²) in [5, 5.41) is 4.32. The van der Waals surface area contributed by atoms with Crippen molar-refractivity contribution in [2.45, 2.75) is 38.4 Å². The second-order valence-corrected chi connectivity index (χ2v) is 14.3. The van der Waals surface area contributed by atoms with Crippen LogP contribution in [0.1, 0.15) is 18.4 Å². The second-order valence-electron chi connectivity index (χ2n) is 9.47. The maximum atomic E-state index is 2.54. The first-order valence-electron chi connectivity index (χ1n) is 11.0. The third-order valence-corrected chi connectivity index (χ3v) is 11.5. The van der Waals surface area contributed by atoms with Gasteiger partial charge in [-0.25, -0.2) is 4.57 Å². The van der Waals surface area contributed by atoms with Crippen molar-refractivity contribution in [3.63, 3.8) is 0 Å². The molecule has 4 aromatic rings. The van der Waals surface area contributed by atoms with Crippen LogP contribution in [0, 0.1) is 6.92 Å². The van der Waals surface area contributed by atoms with Crippen molar-refractivity contribution in [3.8, 4) is 22.4 Å². The Morgan fingerprint density at radius 3 is 2.30 bits per heavy atom. The Balaban J connectivity index is 1.62. The van der Waals surface area contributed by atoms with Crippen molar-refractivity contribution in [1.29, 1.82) is 0 Å². The maximum Gasteiger partial charge on any atom is 0.220 e.